The summed E-state index contributed by atoms with van der Waals surface area (Å²) in [5.41, 5.74) is 2.21. The lowest BCUT2D eigenvalue weighted by molar-refractivity contribution is 0.0777. The van der Waals surface area contributed by atoms with Crippen LogP contribution < -0.4 is 0 Å². The van der Waals surface area contributed by atoms with Crippen LogP contribution in [-0.2, 0) is 13.1 Å². The number of allylic oxidation sites excluding steroid dienone is 2. The Hall–Kier alpha value is -2.88. The molecule has 0 fully saturated rings. The van der Waals surface area contributed by atoms with Crippen LogP contribution in [0.3, 0.4) is 0 Å². The Labute approximate surface area is 176 Å². The number of aromatic amines is 2. The van der Waals surface area contributed by atoms with Gasteiger partial charge in [0.15, 0.2) is 0 Å². The minimum Gasteiger partial charge on any atom is -0.390 e. The van der Waals surface area contributed by atoms with E-state index in [1.165, 1.54) is 0 Å². The number of aliphatic hydroxyl groups is 1. The number of nitrogens with one attached hydrogen (secondary N) is 2. The molecular weight excluding hydrogens is 380 g/mol. The van der Waals surface area contributed by atoms with E-state index in [-0.39, 0.29) is 0 Å². The first-order valence-corrected chi connectivity index (χ1v) is 10.2. The van der Waals surface area contributed by atoms with Gasteiger partial charge in [0.1, 0.15) is 11.6 Å². The standard InChI is InChI=1S/C21H28N8O/c30-19(13-28(11-17-3-1-5-22-17)15-20-24-7-8-25-20)14-29(12-18-4-2-6-23-18)16-21-26-9-10-27-21/h1-2,5-10,19,30H,3-4,11-16H2,(H,24,25)(H,26,27). The van der Waals surface area contributed by atoms with Gasteiger partial charge in [-0.15, -0.1) is 0 Å². The Kier molecular flexibility index (Phi) is 6.96. The molecule has 30 heavy (non-hydrogen) atoms. The average molecular weight is 409 g/mol. The Morgan fingerprint density at radius 1 is 0.800 bits per heavy atom. The molecule has 4 rings (SSSR count). The molecule has 0 unspecified atom stereocenters. The average Bonchev–Trinajstić information content (AvgIpc) is 3.51. The van der Waals surface area contributed by atoms with E-state index in [0.717, 1.165) is 35.9 Å². The molecule has 0 atom stereocenters. The van der Waals surface area contributed by atoms with Gasteiger partial charge in [-0.3, -0.25) is 19.8 Å². The van der Waals surface area contributed by atoms with Crippen molar-refractivity contribution < 1.29 is 5.11 Å². The highest BCUT2D eigenvalue weighted by Gasteiger charge is 2.20. The summed E-state index contributed by atoms with van der Waals surface area (Å²) in [5.74, 6) is 1.76. The molecule has 0 bridgehead atoms. The maximum Gasteiger partial charge on any atom is 0.120 e. The summed E-state index contributed by atoms with van der Waals surface area (Å²) in [6, 6.07) is 0. The fourth-order valence-electron chi connectivity index (χ4n) is 3.74. The molecular formula is C21H28N8O. The third kappa shape index (κ3) is 6.06. The monoisotopic (exact) mass is 408 g/mol. The second-order valence-corrected chi connectivity index (χ2v) is 7.63. The fourth-order valence-corrected chi connectivity index (χ4v) is 3.74. The van der Waals surface area contributed by atoms with Gasteiger partial charge in [0, 0.05) is 87.6 Å². The lowest BCUT2D eigenvalue weighted by Gasteiger charge is -2.28. The number of aliphatic hydroxyl groups excluding tert-OH is 1. The summed E-state index contributed by atoms with van der Waals surface area (Å²) in [6.07, 6.45) is 16.1. The number of aliphatic imine (C=N–C) groups is 2. The van der Waals surface area contributed by atoms with Gasteiger partial charge in [-0.1, -0.05) is 12.2 Å². The van der Waals surface area contributed by atoms with Crippen molar-refractivity contribution in [3.8, 4) is 0 Å². The van der Waals surface area contributed by atoms with Crippen LogP contribution in [0.25, 0.3) is 0 Å². The van der Waals surface area contributed by atoms with E-state index in [2.05, 4.69) is 51.9 Å². The van der Waals surface area contributed by atoms with Crippen molar-refractivity contribution in [1.29, 1.82) is 0 Å². The van der Waals surface area contributed by atoms with Crippen molar-refractivity contribution in [1.82, 2.24) is 29.7 Å². The Morgan fingerprint density at radius 3 is 1.67 bits per heavy atom. The van der Waals surface area contributed by atoms with E-state index in [0.29, 0.717) is 39.3 Å². The van der Waals surface area contributed by atoms with E-state index < -0.39 is 6.10 Å². The SMILES string of the molecule is OC(CN(CC1=NC=CC1)Cc1ncc[nH]1)CN(CC1=NC=CC1)Cc1ncc[nH]1. The summed E-state index contributed by atoms with van der Waals surface area (Å²) in [4.78, 5) is 28.2. The number of hydrogen-bond acceptors (Lipinski definition) is 7. The van der Waals surface area contributed by atoms with Crippen molar-refractivity contribution in [3.05, 3.63) is 61.0 Å². The lowest BCUT2D eigenvalue weighted by Crippen LogP contribution is -2.43. The number of aromatic nitrogens is 4. The van der Waals surface area contributed by atoms with Crippen LogP contribution in [0, 0.1) is 0 Å². The first-order chi connectivity index (χ1) is 14.7. The molecule has 9 heteroatoms. The summed E-state index contributed by atoms with van der Waals surface area (Å²) in [5, 5.41) is 10.9. The second kappa shape index (κ2) is 10.2. The van der Waals surface area contributed by atoms with E-state index in [1.54, 1.807) is 12.4 Å². The molecule has 0 saturated carbocycles. The molecule has 0 amide bonds. The van der Waals surface area contributed by atoms with Gasteiger partial charge in [-0.2, -0.15) is 0 Å². The van der Waals surface area contributed by atoms with Crippen LogP contribution in [0.4, 0.5) is 0 Å². The second-order valence-electron chi connectivity index (χ2n) is 7.63. The van der Waals surface area contributed by atoms with E-state index in [4.69, 9.17) is 0 Å². The quantitative estimate of drug-likeness (QED) is 0.493. The summed E-state index contributed by atoms with van der Waals surface area (Å²) in [6.45, 7) is 3.74. The molecule has 0 aromatic carbocycles. The molecule has 2 aliphatic rings. The largest absolute Gasteiger partial charge is 0.390 e. The smallest absolute Gasteiger partial charge is 0.120 e. The highest BCUT2D eigenvalue weighted by atomic mass is 16.3. The first kappa shape index (κ1) is 20.4. The molecule has 0 saturated heterocycles. The highest BCUT2D eigenvalue weighted by molar-refractivity contribution is 5.90. The Balaban J connectivity index is 1.37. The van der Waals surface area contributed by atoms with Crippen molar-refractivity contribution in [2.24, 2.45) is 9.98 Å². The third-order valence-electron chi connectivity index (χ3n) is 5.04. The minimum absolute atomic E-state index is 0.527. The molecule has 4 heterocycles. The fraction of sp³-hybridized carbons (Fsp3) is 0.429. The lowest BCUT2D eigenvalue weighted by atomic mass is 10.2. The molecule has 0 radical (unpaired) electrons. The summed E-state index contributed by atoms with van der Waals surface area (Å²) >= 11 is 0. The molecule has 2 aliphatic heterocycles. The van der Waals surface area contributed by atoms with E-state index in [9.17, 15) is 5.11 Å². The zero-order valence-electron chi connectivity index (χ0n) is 17.0. The van der Waals surface area contributed by atoms with Crippen molar-refractivity contribution in [2.75, 3.05) is 26.2 Å². The first-order valence-electron chi connectivity index (χ1n) is 10.2. The number of hydrogen-bond donors (Lipinski definition) is 3. The van der Waals surface area contributed by atoms with Crippen LogP contribution in [0.1, 0.15) is 24.5 Å². The predicted molar refractivity (Wildman–Crippen MR) is 116 cm³/mol. The maximum atomic E-state index is 10.9. The van der Waals surface area contributed by atoms with E-state index >= 15 is 0 Å². The molecule has 0 spiro atoms. The van der Waals surface area contributed by atoms with Gasteiger partial charge < -0.3 is 15.1 Å². The maximum absolute atomic E-state index is 10.9. The van der Waals surface area contributed by atoms with Gasteiger partial charge >= 0.3 is 0 Å². The van der Waals surface area contributed by atoms with Crippen LogP contribution in [0.5, 0.6) is 0 Å². The molecule has 2 aromatic heterocycles. The van der Waals surface area contributed by atoms with E-state index in [1.807, 2.05) is 24.8 Å². The number of imidazole rings is 2. The van der Waals surface area contributed by atoms with Crippen LogP contribution in [-0.4, -0.2) is 78.5 Å². The molecule has 2 aromatic rings. The minimum atomic E-state index is -0.528. The van der Waals surface area contributed by atoms with Crippen molar-refractivity contribution >= 4 is 11.4 Å². The Morgan fingerprint density at radius 2 is 1.30 bits per heavy atom. The van der Waals surface area contributed by atoms with Gasteiger partial charge in [-0.25, -0.2) is 9.97 Å². The van der Waals surface area contributed by atoms with Crippen LogP contribution >= 0.6 is 0 Å². The number of rotatable bonds is 12. The Bertz CT molecular complexity index is 823. The topological polar surface area (TPSA) is 109 Å². The molecule has 158 valence electrons. The van der Waals surface area contributed by atoms with Gasteiger partial charge in [0.25, 0.3) is 0 Å². The zero-order chi connectivity index (χ0) is 20.6. The summed E-state index contributed by atoms with van der Waals surface area (Å²) in [7, 11) is 0. The molecule has 9 nitrogen and oxygen atoms in total. The van der Waals surface area contributed by atoms with Crippen LogP contribution in [0.2, 0.25) is 0 Å². The third-order valence-corrected chi connectivity index (χ3v) is 5.04. The number of nitrogens with zero attached hydrogens (tertiary/aromatic N) is 6. The molecule has 3 N–H and O–H groups in total. The van der Waals surface area contributed by atoms with Crippen molar-refractivity contribution in [2.45, 2.75) is 32.0 Å². The van der Waals surface area contributed by atoms with Crippen LogP contribution in [0.15, 0.2) is 59.3 Å². The van der Waals surface area contributed by atoms with Gasteiger partial charge in [0.05, 0.1) is 19.2 Å². The highest BCUT2D eigenvalue weighted by Crippen LogP contribution is 2.10. The number of H-pyrrole nitrogens is 2. The zero-order valence-corrected chi connectivity index (χ0v) is 17.0. The van der Waals surface area contributed by atoms with Crippen molar-refractivity contribution in [3.63, 3.8) is 0 Å². The summed E-state index contributed by atoms with van der Waals surface area (Å²) < 4.78 is 0. The van der Waals surface area contributed by atoms with Gasteiger partial charge in [0.2, 0.25) is 0 Å². The van der Waals surface area contributed by atoms with Gasteiger partial charge in [-0.05, 0) is 0 Å². The predicted octanol–water partition coefficient (Wildman–Crippen LogP) is 1.51. The normalized spacial score (nSPS) is 15.7. The molecule has 0 aliphatic carbocycles.